The summed E-state index contributed by atoms with van der Waals surface area (Å²) in [6.45, 7) is 2.58. The van der Waals surface area contributed by atoms with Gasteiger partial charge in [-0.2, -0.15) is 5.10 Å². The molecule has 0 atom stereocenters. The van der Waals surface area contributed by atoms with Crippen LogP contribution in [0.4, 0.5) is 5.82 Å². The molecule has 114 valence electrons. The lowest BCUT2D eigenvalue weighted by Crippen LogP contribution is -2.25. The number of fused-ring (bicyclic) bond motifs is 1. The van der Waals surface area contributed by atoms with E-state index in [1.54, 1.807) is 6.20 Å². The number of aromatic nitrogens is 3. The van der Waals surface area contributed by atoms with Gasteiger partial charge in [0.1, 0.15) is 0 Å². The minimum absolute atomic E-state index is 0.0939. The Morgan fingerprint density at radius 3 is 3.00 bits per heavy atom. The summed E-state index contributed by atoms with van der Waals surface area (Å²) in [5, 5.41) is 7.75. The first-order chi connectivity index (χ1) is 9.99. The summed E-state index contributed by atoms with van der Waals surface area (Å²) in [6.07, 6.45) is 4.85. The van der Waals surface area contributed by atoms with Crippen molar-refractivity contribution < 1.29 is 12.9 Å². The molecule has 3 N–H and O–H groups in total. The van der Waals surface area contributed by atoms with Crippen molar-refractivity contribution in [2.45, 2.75) is 44.2 Å². The Morgan fingerprint density at radius 2 is 2.29 bits per heavy atom. The van der Waals surface area contributed by atoms with Crippen LogP contribution in [0, 0.1) is 6.92 Å². The second kappa shape index (κ2) is 5.15. The van der Waals surface area contributed by atoms with Gasteiger partial charge in [-0.15, -0.1) is 0 Å². The van der Waals surface area contributed by atoms with Crippen LogP contribution in [0.5, 0.6) is 0 Å². The average molecular weight is 311 g/mol. The molecule has 8 nitrogen and oxygen atoms in total. The van der Waals surface area contributed by atoms with Gasteiger partial charge in [0.15, 0.2) is 16.5 Å². The summed E-state index contributed by atoms with van der Waals surface area (Å²) >= 11 is 0. The number of hydrogen-bond donors (Lipinski definition) is 2. The number of hydrogen-bond acceptors (Lipinski definition) is 6. The molecular weight excluding hydrogens is 294 g/mol. The Hall–Kier alpha value is -1.87. The molecule has 3 heterocycles. The van der Waals surface area contributed by atoms with Gasteiger partial charge in [0.05, 0.1) is 6.20 Å². The highest BCUT2D eigenvalue weighted by Gasteiger charge is 2.25. The molecule has 0 amide bonds. The quantitative estimate of drug-likeness (QED) is 0.853. The third-order valence-electron chi connectivity index (χ3n) is 3.62. The zero-order valence-corrected chi connectivity index (χ0v) is 12.5. The van der Waals surface area contributed by atoms with Crippen LogP contribution in [-0.4, -0.2) is 23.4 Å². The number of nitrogens with zero attached hydrogens (tertiary/aromatic N) is 3. The molecule has 0 fully saturated rings. The fourth-order valence-corrected chi connectivity index (χ4v) is 3.80. The lowest BCUT2D eigenvalue weighted by atomic mass is 10.1. The molecule has 0 aromatic carbocycles. The van der Waals surface area contributed by atoms with Gasteiger partial charge in [-0.3, -0.25) is 4.68 Å². The smallest absolute Gasteiger partial charge is 0.248 e. The van der Waals surface area contributed by atoms with Crippen LogP contribution < -0.4 is 10.5 Å². The molecule has 0 spiro atoms. The molecule has 21 heavy (non-hydrogen) atoms. The predicted octanol–water partition coefficient (Wildman–Crippen LogP) is 0.577. The van der Waals surface area contributed by atoms with E-state index >= 15 is 0 Å². The monoisotopic (exact) mass is 311 g/mol. The third kappa shape index (κ3) is 2.54. The summed E-state index contributed by atoms with van der Waals surface area (Å²) in [5.41, 5.74) is 7.54. The number of aryl methyl sites for hydroxylation is 2. The van der Waals surface area contributed by atoms with Crippen molar-refractivity contribution in [3.8, 4) is 0 Å². The number of rotatable bonds is 4. The molecule has 0 saturated carbocycles. The van der Waals surface area contributed by atoms with Crippen LogP contribution in [0.15, 0.2) is 15.6 Å². The normalized spacial score (nSPS) is 15.1. The van der Waals surface area contributed by atoms with Crippen LogP contribution >= 0.6 is 0 Å². The molecule has 2 aromatic rings. The number of nitrogen functional groups attached to an aromatic ring is 1. The van der Waals surface area contributed by atoms with E-state index in [1.807, 2.05) is 4.68 Å². The molecule has 1 aliphatic heterocycles. The van der Waals surface area contributed by atoms with Gasteiger partial charge in [0.25, 0.3) is 0 Å². The standard InChI is InChI=1S/C12H17N5O3S/c1-8-11(12(13)16-20-8)21(18,19)15-7-9-6-14-17-5-3-2-4-10(9)17/h6,15H,2-5,7H2,1H3,(H2,13,16). The SMILES string of the molecule is Cc1onc(N)c1S(=O)(=O)NCc1cnn2c1CCCC2. The molecule has 1 aliphatic rings. The van der Waals surface area contributed by atoms with Gasteiger partial charge in [0.2, 0.25) is 10.0 Å². The Kier molecular flexibility index (Phi) is 3.46. The van der Waals surface area contributed by atoms with E-state index in [-0.39, 0.29) is 23.0 Å². The van der Waals surface area contributed by atoms with Crippen LogP contribution in [0.1, 0.15) is 29.9 Å². The van der Waals surface area contributed by atoms with Gasteiger partial charge in [-0.1, -0.05) is 5.16 Å². The maximum atomic E-state index is 12.3. The minimum atomic E-state index is -3.75. The topological polar surface area (TPSA) is 116 Å². The van der Waals surface area contributed by atoms with Crippen LogP contribution in [-0.2, 0) is 29.5 Å². The number of nitrogens with two attached hydrogens (primary N) is 1. The summed E-state index contributed by atoms with van der Waals surface area (Å²) in [5.74, 6) is 0.0501. The summed E-state index contributed by atoms with van der Waals surface area (Å²) < 4.78 is 33.8. The van der Waals surface area contributed by atoms with Crippen molar-refractivity contribution in [2.75, 3.05) is 5.73 Å². The van der Waals surface area contributed by atoms with Gasteiger partial charge in [0, 0.05) is 24.3 Å². The van der Waals surface area contributed by atoms with E-state index in [1.165, 1.54) is 6.92 Å². The molecule has 0 bridgehead atoms. The Labute approximate surface area is 122 Å². The highest BCUT2D eigenvalue weighted by atomic mass is 32.2. The first kappa shape index (κ1) is 14.1. The highest BCUT2D eigenvalue weighted by molar-refractivity contribution is 7.89. The molecule has 0 saturated heterocycles. The van der Waals surface area contributed by atoms with Crippen molar-refractivity contribution in [3.63, 3.8) is 0 Å². The van der Waals surface area contributed by atoms with E-state index in [9.17, 15) is 8.42 Å². The molecule has 0 radical (unpaired) electrons. The Bertz CT molecular complexity index is 742. The van der Waals surface area contributed by atoms with Crippen molar-refractivity contribution in [3.05, 3.63) is 23.2 Å². The number of anilines is 1. The summed E-state index contributed by atoms with van der Waals surface area (Å²) in [7, 11) is -3.75. The highest BCUT2D eigenvalue weighted by Crippen LogP contribution is 2.22. The fourth-order valence-electron chi connectivity index (χ4n) is 2.59. The predicted molar refractivity (Wildman–Crippen MR) is 74.8 cm³/mol. The van der Waals surface area contributed by atoms with Gasteiger partial charge in [-0.05, 0) is 26.2 Å². The van der Waals surface area contributed by atoms with Crippen LogP contribution in [0.3, 0.4) is 0 Å². The molecule has 9 heteroatoms. The second-order valence-corrected chi connectivity index (χ2v) is 6.78. The lowest BCUT2D eigenvalue weighted by Gasteiger charge is -2.14. The van der Waals surface area contributed by atoms with Gasteiger partial charge in [-0.25, -0.2) is 13.1 Å². The number of nitrogens with one attached hydrogen (secondary N) is 1. The molecule has 0 aliphatic carbocycles. The van der Waals surface area contributed by atoms with Crippen molar-refractivity contribution in [2.24, 2.45) is 0 Å². The van der Waals surface area contributed by atoms with Crippen molar-refractivity contribution in [1.29, 1.82) is 0 Å². The zero-order chi connectivity index (χ0) is 15.0. The molecule has 3 rings (SSSR count). The minimum Gasteiger partial charge on any atom is -0.380 e. The summed E-state index contributed by atoms with van der Waals surface area (Å²) in [4.78, 5) is -0.0939. The third-order valence-corrected chi connectivity index (χ3v) is 5.18. The average Bonchev–Trinajstić information content (AvgIpc) is 3.01. The first-order valence-electron chi connectivity index (χ1n) is 6.74. The van der Waals surface area contributed by atoms with E-state index in [4.69, 9.17) is 10.3 Å². The summed E-state index contributed by atoms with van der Waals surface area (Å²) in [6, 6.07) is 0. The molecule has 0 unspecified atom stereocenters. The lowest BCUT2D eigenvalue weighted by molar-refractivity contribution is 0.396. The Balaban J connectivity index is 1.80. The maximum absolute atomic E-state index is 12.3. The molecular formula is C12H17N5O3S. The molecule has 2 aromatic heterocycles. The maximum Gasteiger partial charge on any atom is 0.248 e. The van der Waals surface area contributed by atoms with Gasteiger partial charge >= 0.3 is 0 Å². The largest absolute Gasteiger partial charge is 0.380 e. The van der Waals surface area contributed by atoms with Crippen molar-refractivity contribution in [1.82, 2.24) is 19.7 Å². The Morgan fingerprint density at radius 1 is 1.48 bits per heavy atom. The van der Waals surface area contributed by atoms with E-state index < -0.39 is 10.0 Å². The van der Waals surface area contributed by atoms with E-state index in [0.717, 1.165) is 37.1 Å². The zero-order valence-electron chi connectivity index (χ0n) is 11.7. The second-order valence-electron chi connectivity index (χ2n) is 5.07. The van der Waals surface area contributed by atoms with E-state index in [0.29, 0.717) is 0 Å². The van der Waals surface area contributed by atoms with E-state index in [2.05, 4.69) is 15.0 Å². The van der Waals surface area contributed by atoms with Gasteiger partial charge < -0.3 is 10.3 Å². The first-order valence-corrected chi connectivity index (χ1v) is 8.22. The van der Waals surface area contributed by atoms with Crippen LogP contribution in [0.25, 0.3) is 0 Å². The van der Waals surface area contributed by atoms with Crippen molar-refractivity contribution >= 4 is 15.8 Å². The van der Waals surface area contributed by atoms with Crippen LogP contribution in [0.2, 0.25) is 0 Å². The fraction of sp³-hybridized carbons (Fsp3) is 0.500. The number of sulfonamides is 1.